The molecule has 1 aliphatic rings. The molecule has 0 aromatic rings. The molecule has 1 heterocycles. The smallest absolute Gasteiger partial charge is 0.134 e. The SMILES string of the molecule is C1=[N+]OSCC1. The first kappa shape index (κ1) is 3.99. The normalized spacial score (nSPS) is 20.0. The second-order valence-electron chi connectivity index (χ2n) is 0.973. The quantitative estimate of drug-likeness (QED) is 0.414. The van der Waals surface area contributed by atoms with E-state index in [0.29, 0.717) is 0 Å². The van der Waals surface area contributed by atoms with Crippen LogP contribution in [0.5, 0.6) is 0 Å². The summed E-state index contributed by atoms with van der Waals surface area (Å²) >= 11 is 1.40. The van der Waals surface area contributed by atoms with Crippen LogP contribution in [0.25, 0.3) is 0 Å². The summed E-state index contributed by atoms with van der Waals surface area (Å²) in [7, 11) is 0. The van der Waals surface area contributed by atoms with Crippen LogP contribution in [-0.2, 0) is 4.28 Å². The summed E-state index contributed by atoms with van der Waals surface area (Å²) in [6.45, 7) is 0. The molecular formula is C3H5NOS+. The first-order valence-corrected chi connectivity index (χ1v) is 2.72. The predicted molar refractivity (Wildman–Crippen MR) is 26.4 cm³/mol. The van der Waals surface area contributed by atoms with Gasteiger partial charge in [-0.1, -0.05) is 0 Å². The molecule has 6 heavy (non-hydrogen) atoms. The lowest BCUT2D eigenvalue weighted by Crippen LogP contribution is -1.97. The average Bonchev–Trinajstić information content (AvgIpc) is 1.72. The summed E-state index contributed by atoms with van der Waals surface area (Å²) in [5, 5.41) is 3.52. The van der Waals surface area contributed by atoms with E-state index >= 15 is 0 Å². The molecule has 0 N–H and O–H groups in total. The third kappa shape index (κ3) is 0.897. The largest absolute Gasteiger partial charge is 0.299 e. The van der Waals surface area contributed by atoms with Crippen LogP contribution < -0.4 is 5.16 Å². The van der Waals surface area contributed by atoms with Crippen LogP contribution in [0.1, 0.15) is 6.42 Å². The highest BCUT2D eigenvalue weighted by atomic mass is 32.2. The Morgan fingerprint density at radius 3 is 3.00 bits per heavy atom. The monoisotopic (exact) mass is 103 g/mol. The van der Waals surface area contributed by atoms with Crippen molar-refractivity contribution in [2.24, 2.45) is 0 Å². The summed E-state index contributed by atoms with van der Waals surface area (Å²) < 4.78 is 4.56. The summed E-state index contributed by atoms with van der Waals surface area (Å²) in [5.41, 5.74) is 0. The Bertz CT molecular complexity index is 55.8. The van der Waals surface area contributed by atoms with Gasteiger partial charge in [-0.15, -0.1) is 4.28 Å². The van der Waals surface area contributed by atoms with Crippen LogP contribution in [0.4, 0.5) is 0 Å². The average molecular weight is 103 g/mol. The van der Waals surface area contributed by atoms with E-state index in [1.54, 1.807) is 6.21 Å². The van der Waals surface area contributed by atoms with Crippen LogP contribution in [0.3, 0.4) is 0 Å². The molecule has 0 saturated heterocycles. The molecule has 0 amide bonds. The van der Waals surface area contributed by atoms with Gasteiger partial charge in [0.2, 0.25) is 0 Å². The molecule has 3 heteroatoms. The lowest BCUT2D eigenvalue weighted by Gasteiger charge is -1.83. The Balaban J connectivity index is 2.26. The second kappa shape index (κ2) is 2.08. The van der Waals surface area contributed by atoms with Gasteiger partial charge < -0.3 is 0 Å². The number of rotatable bonds is 0. The summed E-state index contributed by atoms with van der Waals surface area (Å²) in [4.78, 5) is 0. The molecule has 0 bridgehead atoms. The van der Waals surface area contributed by atoms with Gasteiger partial charge in [-0.05, 0) is 0 Å². The van der Waals surface area contributed by atoms with Gasteiger partial charge in [0, 0.05) is 5.75 Å². The van der Waals surface area contributed by atoms with E-state index in [1.165, 1.54) is 12.0 Å². The minimum Gasteiger partial charge on any atom is -0.134 e. The zero-order valence-corrected chi connectivity index (χ0v) is 4.07. The van der Waals surface area contributed by atoms with Crippen LogP contribution >= 0.6 is 12.0 Å². The summed E-state index contributed by atoms with van der Waals surface area (Å²) in [6, 6.07) is 0. The third-order valence-electron chi connectivity index (χ3n) is 0.501. The van der Waals surface area contributed by atoms with Crippen molar-refractivity contribution in [1.82, 2.24) is 5.16 Å². The molecule has 0 fully saturated rings. The molecule has 0 spiro atoms. The zero-order valence-electron chi connectivity index (χ0n) is 3.26. The van der Waals surface area contributed by atoms with E-state index < -0.39 is 0 Å². The Hall–Kier alpha value is -0.180. The highest BCUT2D eigenvalue weighted by Gasteiger charge is 2.02. The van der Waals surface area contributed by atoms with E-state index in [2.05, 4.69) is 9.44 Å². The maximum absolute atomic E-state index is 4.56. The first-order valence-electron chi connectivity index (χ1n) is 1.80. The summed E-state index contributed by atoms with van der Waals surface area (Å²) in [5.74, 6) is 1.05. The molecule has 1 aliphatic heterocycles. The van der Waals surface area contributed by atoms with Crippen molar-refractivity contribution < 1.29 is 4.28 Å². The van der Waals surface area contributed by atoms with Crippen molar-refractivity contribution >= 4 is 18.3 Å². The van der Waals surface area contributed by atoms with Gasteiger partial charge in [-0.3, -0.25) is 0 Å². The van der Waals surface area contributed by atoms with Crippen LogP contribution in [-0.4, -0.2) is 12.0 Å². The highest BCUT2D eigenvalue weighted by Crippen LogP contribution is 2.02. The van der Waals surface area contributed by atoms with Crippen molar-refractivity contribution in [2.75, 3.05) is 5.75 Å². The minimum atomic E-state index is 1.05. The zero-order chi connectivity index (χ0) is 4.24. The van der Waals surface area contributed by atoms with E-state index in [9.17, 15) is 0 Å². The van der Waals surface area contributed by atoms with Crippen LogP contribution in [0, 0.1) is 0 Å². The molecule has 1 rings (SSSR count). The number of hydrogen-bond donors (Lipinski definition) is 0. The van der Waals surface area contributed by atoms with Crippen molar-refractivity contribution in [3.8, 4) is 0 Å². The Labute approximate surface area is 40.8 Å². The van der Waals surface area contributed by atoms with Gasteiger partial charge >= 0.3 is 0 Å². The van der Waals surface area contributed by atoms with E-state index in [0.717, 1.165) is 12.2 Å². The fraction of sp³-hybridized carbons (Fsp3) is 0.667. The molecule has 2 nitrogen and oxygen atoms in total. The molecule has 1 radical (unpaired) electrons. The van der Waals surface area contributed by atoms with E-state index in [4.69, 9.17) is 0 Å². The van der Waals surface area contributed by atoms with E-state index in [1.807, 2.05) is 0 Å². The third-order valence-corrected chi connectivity index (χ3v) is 1.09. The Kier molecular flexibility index (Phi) is 1.38. The molecule has 0 unspecified atom stereocenters. The van der Waals surface area contributed by atoms with Gasteiger partial charge in [0.05, 0.1) is 6.42 Å². The molecular weight excluding hydrogens is 98.1 g/mol. The highest BCUT2D eigenvalue weighted by molar-refractivity contribution is 7.94. The molecule has 0 saturated carbocycles. The Morgan fingerprint density at radius 1 is 1.83 bits per heavy atom. The molecule has 0 atom stereocenters. The van der Waals surface area contributed by atoms with Gasteiger partial charge in [-0.25, -0.2) is 0 Å². The van der Waals surface area contributed by atoms with Crippen molar-refractivity contribution in [3.63, 3.8) is 0 Å². The fourth-order valence-corrected chi connectivity index (χ4v) is 0.650. The van der Waals surface area contributed by atoms with Gasteiger partial charge in [0.25, 0.3) is 11.4 Å². The molecule has 0 aliphatic carbocycles. The standard InChI is InChI=1S/C3H5NOS/c1-2-4-5-6-3-1/h2H,1,3H2/q+1. The molecule has 33 valence electrons. The first-order chi connectivity index (χ1) is 3.00. The second-order valence-corrected chi connectivity index (χ2v) is 1.77. The van der Waals surface area contributed by atoms with Crippen LogP contribution in [0.2, 0.25) is 0 Å². The maximum Gasteiger partial charge on any atom is 0.299 e. The van der Waals surface area contributed by atoms with Crippen molar-refractivity contribution in [3.05, 3.63) is 0 Å². The van der Waals surface area contributed by atoms with Crippen molar-refractivity contribution in [2.45, 2.75) is 6.42 Å². The lowest BCUT2D eigenvalue weighted by molar-refractivity contribution is 0.334. The maximum atomic E-state index is 4.56. The van der Waals surface area contributed by atoms with Crippen LogP contribution in [0.15, 0.2) is 0 Å². The molecule has 0 aromatic carbocycles. The lowest BCUT2D eigenvalue weighted by atomic mass is 10.5. The van der Waals surface area contributed by atoms with Crippen molar-refractivity contribution in [1.29, 1.82) is 0 Å². The number of hydrogen-bond acceptors (Lipinski definition) is 3. The predicted octanol–water partition coefficient (Wildman–Crippen LogP) is 0.376. The fourth-order valence-electron chi connectivity index (χ4n) is 0.252. The van der Waals surface area contributed by atoms with Gasteiger partial charge in [0.1, 0.15) is 12.0 Å². The van der Waals surface area contributed by atoms with Gasteiger partial charge in [-0.2, -0.15) is 0 Å². The summed E-state index contributed by atoms with van der Waals surface area (Å²) in [6.07, 6.45) is 2.82. The Morgan fingerprint density at radius 2 is 2.83 bits per heavy atom. The minimum absolute atomic E-state index is 1.05. The number of oxime groups is 1. The topological polar surface area (TPSA) is 23.3 Å². The van der Waals surface area contributed by atoms with E-state index in [-0.39, 0.29) is 0 Å². The molecule has 0 aromatic heterocycles. The number of nitrogens with zero attached hydrogens (tertiary/aromatic N) is 1. The van der Waals surface area contributed by atoms with Gasteiger partial charge in [0.15, 0.2) is 0 Å².